The van der Waals surface area contributed by atoms with Crippen LogP contribution in [0.2, 0.25) is 0 Å². The molecule has 2 aromatic rings. The maximum absolute atomic E-state index is 12.5. The lowest BCUT2D eigenvalue weighted by Crippen LogP contribution is -2.46. The Morgan fingerprint density at radius 3 is 2.23 bits per heavy atom. The Kier molecular flexibility index (Phi) is 5.06. The zero-order valence-corrected chi connectivity index (χ0v) is 14.4. The minimum atomic E-state index is -1.22. The summed E-state index contributed by atoms with van der Waals surface area (Å²) in [6, 6.07) is 9.98. The van der Waals surface area contributed by atoms with Crippen molar-refractivity contribution in [1.29, 1.82) is 0 Å². The lowest BCUT2D eigenvalue weighted by molar-refractivity contribution is 0.0659. The van der Waals surface area contributed by atoms with Crippen LogP contribution in [0.3, 0.4) is 0 Å². The Morgan fingerprint density at radius 1 is 1.04 bits per heavy atom. The van der Waals surface area contributed by atoms with Gasteiger partial charge in [0.2, 0.25) is 5.76 Å². The molecule has 0 atom stereocenters. The van der Waals surface area contributed by atoms with E-state index in [9.17, 15) is 14.4 Å². The summed E-state index contributed by atoms with van der Waals surface area (Å²) < 4.78 is 5.00. The second-order valence-corrected chi connectivity index (χ2v) is 6.38. The van der Waals surface area contributed by atoms with Crippen molar-refractivity contribution >= 4 is 17.8 Å². The summed E-state index contributed by atoms with van der Waals surface area (Å²) in [5.41, 5.74) is 1.77. The number of hydrogen-bond donors (Lipinski definition) is 2. The van der Waals surface area contributed by atoms with Crippen LogP contribution in [0.15, 0.2) is 40.8 Å². The van der Waals surface area contributed by atoms with Crippen LogP contribution in [-0.2, 0) is 0 Å². The fourth-order valence-electron chi connectivity index (χ4n) is 2.94. The zero-order valence-electron chi connectivity index (χ0n) is 14.4. The molecule has 0 saturated carbocycles. The number of rotatable bonds is 4. The third-order valence-electron chi connectivity index (χ3n) is 4.46. The van der Waals surface area contributed by atoms with E-state index >= 15 is 0 Å². The van der Waals surface area contributed by atoms with Gasteiger partial charge in [-0.25, -0.2) is 4.79 Å². The van der Waals surface area contributed by atoms with Crippen LogP contribution in [0.5, 0.6) is 0 Å². The van der Waals surface area contributed by atoms with Crippen molar-refractivity contribution in [3.63, 3.8) is 0 Å². The standard InChI is InChI=1S/C19H20N2O5/c1-12-2-4-13(5-3-12)18(23)21-10-8-14(9-11-21)20-17(22)15-6-7-16(26-15)19(24)25/h2-7,14H,8-11H2,1H3,(H,20,22)(H,24,25). The zero-order chi connectivity index (χ0) is 18.7. The van der Waals surface area contributed by atoms with Crippen molar-refractivity contribution in [2.75, 3.05) is 13.1 Å². The van der Waals surface area contributed by atoms with Gasteiger partial charge < -0.3 is 19.7 Å². The van der Waals surface area contributed by atoms with Crippen molar-refractivity contribution in [2.24, 2.45) is 0 Å². The van der Waals surface area contributed by atoms with Crippen molar-refractivity contribution in [2.45, 2.75) is 25.8 Å². The maximum atomic E-state index is 12.5. The largest absolute Gasteiger partial charge is 0.475 e. The number of nitrogens with zero attached hydrogens (tertiary/aromatic N) is 1. The van der Waals surface area contributed by atoms with Crippen LogP contribution in [0, 0.1) is 6.92 Å². The topological polar surface area (TPSA) is 99.9 Å². The van der Waals surface area contributed by atoms with Gasteiger partial charge in [-0.05, 0) is 44.0 Å². The molecule has 0 bridgehead atoms. The first-order valence-corrected chi connectivity index (χ1v) is 8.44. The van der Waals surface area contributed by atoms with E-state index in [0.29, 0.717) is 31.5 Å². The third kappa shape index (κ3) is 3.93. The molecule has 2 amide bonds. The van der Waals surface area contributed by atoms with Crippen LogP contribution in [0.1, 0.15) is 49.9 Å². The maximum Gasteiger partial charge on any atom is 0.371 e. The van der Waals surface area contributed by atoms with Crippen molar-refractivity contribution < 1.29 is 23.9 Å². The first kappa shape index (κ1) is 17.7. The number of aromatic carboxylic acids is 1. The number of benzene rings is 1. The molecule has 1 saturated heterocycles. The lowest BCUT2D eigenvalue weighted by atomic mass is 10.0. The number of nitrogens with one attached hydrogen (secondary N) is 1. The van der Waals surface area contributed by atoms with E-state index in [1.807, 2.05) is 31.2 Å². The normalized spacial score (nSPS) is 14.9. The second-order valence-electron chi connectivity index (χ2n) is 6.38. The summed E-state index contributed by atoms with van der Waals surface area (Å²) in [7, 11) is 0. The number of amides is 2. The number of carbonyl (C=O) groups is 3. The second kappa shape index (κ2) is 7.43. The molecule has 1 aliphatic rings. The van der Waals surface area contributed by atoms with E-state index in [1.54, 1.807) is 4.90 Å². The Bertz CT molecular complexity index is 817. The van der Waals surface area contributed by atoms with Gasteiger partial charge in [-0.1, -0.05) is 17.7 Å². The SMILES string of the molecule is Cc1ccc(C(=O)N2CCC(NC(=O)c3ccc(C(=O)O)o3)CC2)cc1. The number of carboxylic acids is 1. The molecule has 0 aliphatic carbocycles. The molecule has 1 aromatic heterocycles. The fraction of sp³-hybridized carbons (Fsp3) is 0.316. The van der Waals surface area contributed by atoms with Gasteiger partial charge in [-0.3, -0.25) is 9.59 Å². The molecular weight excluding hydrogens is 336 g/mol. The number of piperidine rings is 1. The molecule has 7 heteroatoms. The van der Waals surface area contributed by atoms with Crippen LogP contribution >= 0.6 is 0 Å². The average molecular weight is 356 g/mol. The number of hydrogen-bond acceptors (Lipinski definition) is 4. The van der Waals surface area contributed by atoms with E-state index in [-0.39, 0.29) is 23.5 Å². The van der Waals surface area contributed by atoms with Crippen LogP contribution in [0.25, 0.3) is 0 Å². The van der Waals surface area contributed by atoms with E-state index in [4.69, 9.17) is 9.52 Å². The quantitative estimate of drug-likeness (QED) is 0.876. The van der Waals surface area contributed by atoms with E-state index in [2.05, 4.69) is 5.32 Å². The van der Waals surface area contributed by atoms with Crippen LogP contribution in [-0.4, -0.2) is 46.9 Å². The van der Waals surface area contributed by atoms with Gasteiger partial charge in [-0.2, -0.15) is 0 Å². The highest BCUT2D eigenvalue weighted by Crippen LogP contribution is 2.16. The molecule has 136 valence electrons. The van der Waals surface area contributed by atoms with Crippen LogP contribution in [0.4, 0.5) is 0 Å². The predicted octanol–water partition coefficient (Wildman–Crippen LogP) is 2.32. The Balaban J connectivity index is 1.53. The summed E-state index contributed by atoms with van der Waals surface area (Å²) in [5.74, 6) is -1.96. The lowest BCUT2D eigenvalue weighted by Gasteiger charge is -2.32. The molecule has 0 radical (unpaired) electrons. The van der Waals surface area contributed by atoms with E-state index < -0.39 is 11.9 Å². The predicted molar refractivity (Wildman–Crippen MR) is 93.2 cm³/mol. The molecule has 2 N–H and O–H groups in total. The van der Waals surface area contributed by atoms with Crippen molar-refractivity contribution in [3.05, 3.63) is 59.0 Å². The van der Waals surface area contributed by atoms with Gasteiger partial charge in [0.25, 0.3) is 11.8 Å². The highest BCUT2D eigenvalue weighted by Gasteiger charge is 2.25. The van der Waals surface area contributed by atoms with E-state index in [0.717, 1.165) is 5.56 Å². The summed E-state index contributed by atoms with van der Waals surface area (Å²) in [6.45, 7) is 3.08. The molecule has 0 unspecified atom stereocenters. The molecule has 3 rings (SSSR count). The molecule has 1 aromatic carbocycles. The van der Waals surface area contributed by atoms with Gasteiger partial charge in [0.15, 0.2) is 5.76 Å². The van der Waals surface area contributed by atoms with Gasteiger partial charge in [-0.15, -0.1) is 0 Å². The minimum absolute atomic E-state index is 0.00749. The first-order valence-electron chi connectivity index (χ1n) is 8.44. The molecule has 2 heterocycles. The summed E-state index contributed by atoms with van der Waals surface area (Å²) in [4.78, 5) is 37.2. The molecule has 1 fully saturated rings. The highest BCUT2D eigenvalue weighted by atomic mass is 16.4. The summed E-state index contributed by atoms with van der Waals surface area (Å²) >= 11 is 0. The molecular formula is C19H20N2O5. The van der Waals surface area contributed by atoms with Crippen LogP contribution < -0.4 is 5.32 Å². The van der Waals surface area contributed by atoms with Gasteiger partial charge in [0.05, 0.1) is 0 Å². The number of likely N-dealkylation sites (tertiary alicyclic amines) is 1. The average Bonchev–Trinajstić information content (AvgIpc) is 3.13. The minimum Gasteiger partial charge on any atom is -0.475 e. The smallest absolute Gasteiger partial charge is 0.371 e. The first-order chi connectivity index (χ1) is 12.4. The number of furan rings is 1. The Labute approximate surface area is 150 Å². The van der Waals surface area contributed by atoms with Crippen molar-refractivity contribution in [1.82, 2.24) is 10.2 Å². The monoisotopic (exact) mass is 356 g/mol. The Morgan fingerprint density at radius 2 is 1.65 bits per heavy atom. The number of carboxylic acid groups (broad SMARTS) is 1. The molecule has 7 nitrogen and oxygen atoms in total. The van der Waals surface area contributed by atoms with Gasteiger partial charge in [0.1, 0.15) is 0 Å². The van der Waals surface area contributed by atoms with Crippen molar-refractivity contribution in [3.8, 4) is 0 Å². The van der Waals surface area contributed by atoms with Gasteiger partial charge >= 0.3 is 5.97 Å². The highest BCUT2D eigenvalue weighted by molar-refractivity contribution is 5.95. The third-order valence-corrected chi connectivity index (χ3v) is 4.46. The molecule has 0 spiro atoms. The summed E-state index contributed by atoms with van der Waals surface area (Å²) in [5, 5.41) is 11.7. The summed E-state index contributed by atoms with van der Waals surface area (Å²) in [6.07, 6.45) is 1.27. The number of aryl methyl sites for hydroxylation is 1. The molecule has 1 aliphatic heterocycles. The number of carbonyl (C=O) groups excluding carboxylic acids is 2. The van der Waals surface area contributed by atoms with E-state index in [1.165, 1.54) is 12.1 Å². The van der Waals surface area contributed by atoms with Gasteiger partial charge in [0, 0.05) is 24.7 Å². The fourth-order valence-corrected chi connectivity index (χ4v) is 2.94. The molecule has 26 heavy (non-hydrogen) atoms. The Hall–Kier alpha value is -3.09.